The van der Waals surface area contributed by atoms with Crippen LogP contribution < -0.4 is 5.32 Å². The molecule has 3 amide bonds. The van der Waals surface area contributed by atoms with Gasteiger partial charge in [0.05, 0.1) is 18.2 Å². The molecule has 0 bridgehead atoms. The predicted molar refractivity (Wildman–Crippen MR) is 81.0 cm³/mol. The van der Waals surface area contributed by atoms with Gasteiger partial charge in [-0.3, -0.25) is 24.6 Å². The third-order valence-electron chi connectivity index (χ3n) is 3.39. The Hall–Kier alpha value is -3.43. The van der Waals surface area contributed by atoms with Crippen molar-refractivity contribution in [1.82, 2.24) is 4.90 Å². The number of benzene rings is 1. The first kappa shape index (κ1) is 17.9. The molecule has 10 heteroatoms. The first-order valence-corrected chi connectivity index (χ1v) is 6.99. The Balaban J connectivity index is 2.32. The number of anilines is 1. The maximum absolute atomic E-state index is 12.5. The van der Waals surface area contributed by atoms with Crippen LogP contribution in [0.4, 0.5) is 10.5 Å². The normalized spacial score (nSPS) is 13.9. The number of esters is 1. The van der Waals surface area contributed by atoms with E-state index in [1.54, 1.807) is 0 Å². The lowest BCUT2D eigenvalue weighted by molar-refractivity contribution is -0.149. The maximum Gasteiger partial charge on any atom is 0.411 e. The van der Waals surface area contributed by atoms with Crippen LogP contribution in [0.3, 0.4) is 0 Å². The summed E-state index contributed by atoms with van der Waals surface area (Å²) in [5.74, 6) is -3.94. The number of carboxylic acids is 1. The quantitative estimate of drug-likeness (QED) is 0.577. The molecular weight excluding hydrogens is 336 g/mol. The monoisotopic (exact) mass is 350 g/mol. The number of fused-ring (bicyclic) bond motifs is 1. The molecule has 132 valence electrons. The van der Waals surface area contributed by atoms with Crippen molar-refractivity contribution in [2.45, 2.75) is 13.0 Å². The van der Waals surface area contributed by atoms with Gasteiger partial charge in [-0.25, -0.2) is 9.59 Å². The van der Waals surface area contributed by atoms with Gasteiger partial charge in [-0.15, -0.1) is 0 Å². The van der Waals surface area contributed by atoms with Crippen LogP contribution in [0.2, 0.25) is 0 Å². The van der Waals surface area contributed by atoms with Crippen molar-refractivity contribution in [3.8, 4) is 0 Å². The van der Waals surface area contributed by atoms with Gasteiger partial charge in [-0.2, -0.15) is 0 Å². The van der Waals surface area contributed by atoms with Gasteiger partial charge in [0, 0.05) is 12.6 Å². The summed E-state index contributed by atoms with van der Waals surface area (Å²) in [5, 5.41) is 11.6. The average molecular weight is 350 g/mol. The number of rotatable bonds is 5. The summed E-state index contributed by atoms with van der Waals surface area (Å²) in [5.41, 5.74) is 0.0999. The van der Waals surface area contributed by atoms with Crippen LogP contribution in [0.15, 0.2) is 18.2 Å². The summed E-state index contributed by atoms with van der Waals surface area (Å²) < 4.78 is 9.05. The number of hydrogen-bond donors (Lipinski definition) is 2. The van der Waals surface area contributed by atoms with Gasteiger partial charge in [0.15, 0.2) is 6.04 Å². The molecule has 0 fully saturated rings. The van der Waals surface area contributed by atoms with E-state index in [1.807, 2.05) is 0 Å². The fraction of sp³-hybridized carbons (Fsp3) is 0.267. The van der Waals surface area contributed by atoms with Gasteiger partial charge >= 0.3 is 18.0 Å². The summed E-state index contributed by atoms with van der Waals surface area (Å²) in [6.07, 6.45) is -0.771. The van der Waals surface area contributed by atoms with Crippen molar-refractivity contribution in [1.29, 1.82) is 0 Å². The Bertz CT molecular complexity index is 773. The number of ether oxygens (including phenoxy) is 2. The van der Waals surface area contributed by atoms with E-state index >= 15 is 0 Å². The average Bonchev–Trinajstić information content (AvgIpc) is 2.79. The predicted octanol–water partition coefficient (Wildman–Crippen LogP) is 0.477. The fourth-order valence-electron chi connectivity index (χ4n) is 2.24. The highest BCUT2D eigenvalue weighted by molar-refractivity contribution is 6.23. The van der Waals surface area contributed by atoms with E-state index in [4.69, 9.17) is 0 Å². The number of imide groups is 1. The molecule has 1 aromatic rings. The molecule has 10 nitrogen and oxygen atoms in total. The zero-order valence-corrected chi connectivity index (χ0v) is 13.3. The molecule has 1 unspecified atom stereocenters. The number of aliphatic carboxylic acids is 1. The van der Waals surface area contributed by atoms with E-state index in [2.05, 4.69) is 14.8 Å². The highest BCUT2D eigenvalue weighted by atomic mass is 16.5. The van der Waals surface area contributed by atoms with Crippen molar-refractivity contribution < 1.29 is 38.6 Å². The lowest BCUT2D eigenvalue weighted by Crippen LogP contribution is -2.47. The molecule has 0 radical (unpaired) electrons. The number of carbonyl (C=O) groups is 5. The van der Waals surface area contributed by atoms with Gasteiger partial charge in [-0.1, -0.05) is 0 Å². The van der Waals surface area contributed by atoms with E-state index in [9.17, 15) is 29.1 Å². The van der Waals surface area contributed by atoms with E-state index < -0.39 is 42.5 Å². The minimum atomic E-state index is -1.66. The maximum atomic E-state index is 12.5. The van der Waals surface area contributed by atoms with Crippen molar-refractivity contribution in [3.63, 3.8) is 0 Å². The Labute approximate surface area is 141 Å². The number of hydrogen-bond acceptors (Lipinski definition) is 7. The first-order valence-electron chi connectivity index (χ1n) is 6.99. The highest BCUT2D eigenvalue weighted by Crippen LogP contribution is 2.27. The Morgan fingerprint density at radius 3 is 2.40 bits per heavy atom. The van der Waals surface area contributed by atoms with Crippen LogP contribution in [0, 0.1) is 0 Å². The summed E-state index contributed by atoms with van der Waals surface area (Å²) in [7, 11) is 1.16. The summed E-state index contributed by atoms with van der Waals surface area (Å²) in [6, 6.07) is 2.23. The Kier molecular flexibility index (Phi) is 5.01. The number of carbonyl (C=O) groups excluding carboxylic acids is 4. The van der Waals surface area contributed by atoms with Crippen LogP contribution in [0.5, 0.6) is 0 Å². The summed E-state index contributed by atoms with van der Waals surface area (Å²) >= 11 is 0. The van der Waals surface area contributed by atoms with Crippen molar-refractivity contribution in [3.05, 3.63) is 29.3 Å². The van der Waals surface area contributed by atoms with Gasteiger partial charge in [0.2, 0.25) is 0 Å². The highest BCUT2D eigenvalue weighted by Gasteiger charge is 2.43. The molecule has 1 aliphatic rings. The third kappa shape index (κ3) is 3.57. The van der Waals surface area contributed by atoms with Gasteiger partial charge in [-0.05, 0) is 18.2 Å². The molecule has 1 aromatic carbocycles. The second-order valence-electron chi connectivity index (χ2n) is 5.01. The van der Waals surface area contributed by atoms with Crippen molar-refractivity contribution in [2.75, 3.05) is 19.0 Å². The van der Waals surface area contributed by atoms with Gasteiger partial charge in [0.25, 0.3) is 11.8 Å². The molecule has 0 aliphatic carbocycles. The molecule has 1 aliphatic heterocycles. The van der Waals surface area contributed by atoms with Crippen LogP contribution in [-0.4, -0.2) is 59.6 Å². The molecule has 0 saturated carbocycles. The topological polar surface area (TPSA) is 139 Å². The molecule has 0 aromatic heterocycles. The minimum Gasteiger partial charge on any atom is -0.480 e. The van der Waals surface area contributed by atoms with Crippen LogP contribution in [0.25, 0.3) is 0 Å². The van der Waals surface area contributed by atoms with Gasteiger partial charge in [0.1, 0.15) is 6.61 Å². The largest absolute Gasteiger partial charge is 0.480 e. The third-order valence-corrected chi connectivity index (χ3v) is 3.39. The number of nitrogens with zero attached hydrogens (tertiary/aromatic N) is 1. The molecule has 1 heterocycles. The Morgan fingerprint density at radius 1 is 1.20 bits per heavy atom. The first-order chi connectivity index (χ1) is 11.8. The number of nitrogens with one attached hydrogen (secondary N) is 1. The summed E-state index contributed by atoms with van der Waals surface area (Å²) in [4.78, 5) is 58.8. The Morgan fingerprint density at radius 2 is 1.84 bits per heavy atom. The smallest absolute Gasteiger partial charge is 0.411 e. The molecule has 2 rings (SSSR count). The van der Waals surface area contributed by atoms with E-state index in [0.29, 0.717) is 4.90 Å². The van der Waals surface area contributed by atoms with Crippen molar-refractivity contribution >= 4 is 35.5 Å². The molecule has 0 saturated heterocycles. The van der Waals surface area contributed by atoms with Crippen molar-refractivity contribution in [2.24, 2.45) is 0 Å². The van der Waals surface area contributed by atoms with E-state index in [-0.39, 0.29) is 16.8 Å². The lowest BCUT2D eigenvalue weighted by atomic mass is 10.1. The van der Waals surface area contributed by atoms with E-state index in [0.717, 1.165) is 14.0 Å². The van der Waals surface area contributed by atoms with Crippen LogP contribution in [0.1, 0.15) is 27.6 Å². The molecular formula is C15H14N2O8. The SMILES string of the molecule is COC(=O)Nc1ccc2c(c1)C(=O)N(C(COC(C)=O)C(=O)O)C2=O. The second kappa shape index (κ2) is 6.99. The number of methoxy groups -OCH3 is 1. The van der Waals surface area contributed by atoms with Gasteiger partial charge < -0.3 is 14.6 Å². The zero-order chi connectivity index (χ0) is 18.7. The molecule has 2 N–H and O–H groups in total. The second-order valence-corrected chi connectivity index (χ2v) is 5.01. The molecule has 0 spiro atoms. The minimum absolute atomic E-state index is 0.0190. The fourth-order valence-corrected chi connectivity index (χ4v) is 2.24. The lowest BCUT2D eigenvalue weighted by Gasteiger charge is -2.21. The van der Waals surface area contributed by atoms with Crippen LogP contribution in [-0.2, 0) is 19.1 Å². The van der Waals surface area contributed by atoms with E-state index in [1.165, 1.54) is 18.2 Å². The zero-order valence-electron chi connectivity index (χ0n) is 13.3. The summed E-state index contributed by atoms with van der Waals surface area (Å²) in [6.45, 7) is 0.412. The standard InChI is InChI=1S/C15H14N2O8/c1-7(18)25-6-11(14(21)22)17-12(19)9-4-3-8(16-15(23)24-2)5-10(9)13(17)20/h3-5,11H,6H2,1-2H3,(H,16,23)(H,21,22). The molecule has 1 atom stereocenters. The molecule has 25 heavy (non-hydrogen) atoms. The number of carboxylic acid groups (broad SMARTS) is 1. The van der Waals surface area contributed by atoms with Crippen LogP contribution >= 0.6 is 0 Å². The number of amides is 3.